The van der Waals surface area contributed by atoms with Crippen LogP contribution in [0, 0.1) is 5.92 Å². The molecule has 0 saturated carbocycles. The number of hydrogen-bond donors (Lipinski definition) is 3. The third kappa shape index (κ3) is 5.30. The minimum absolute atomic E-state index is 0.0189. The third-order valence-corrected chi connectivity index (χ3v) is 7.47. The van der Waals surface area contributed by atoms with Gasteiger partial charge in [0.25, 0.3) is 0 Å². The summed E-state index contributed by atoms with van der Waals surface area (Å²) >= 11 is 0. The first-order valence-electron chi connectivity index (χ1n) is 11.2. The van der Waals surface area contributed by atoms with Gasteiger partial charge in [-0.1, -0.05) is 50.2 Å². The fourth-order valence-electron chi connectivity index (χ4n) is 4.41. The number of sulfonamides is 1. The molecule has 1 aliphatic rings. The third-order valence-electron chi connectivity index (χ3n) is 6.52. The van der Waals surface area contributed by atoms with E-state index in [0.29, 0.717) is 23.0 Å². The number of rotatable bonds is 7. The first-order chi connectivity index (χ1) is 15.7. The van der Waals surface area contributed by atoms with Gasteiger partial charge in [0.15, 0.2) is 5.82 Å². The Morgan fingerprint density at radius 1 is 1.12 bits per heavy atom. The topological polar surface area (TPSA) is 144 Å². The Kier molecular flexibility index (Phi) is 6.89. The van der Waals surface area contributed by atoms with Crippen LogP contribution in [0.1, 0.15) is 38.2 Å². The first kappa shape index (κ1) is 23.5. The van der Waals surface area contributed by atoms with Crippen LogP contribution in [0.3, 0.4) is 0 Å². The fraction of sp³-hybridized carbons (Fsp3) is 0.435. The highest BCUT2D eigenvalue weighted by Crippen LogP contribution is 2.36. The highest BCUT2D eigenvalue weighted by atomic mass is 32.2. The molecule has 1 saturated heterocycles. The Morgan fingerprint density at radius 3 is 2.39 bits per heavy atom. The first-order valence-corrected chi connectivity index (χ1v) is 12.8. The van der Waals surface area contributed by atoms with Crippen molar-refractivity contribution < 1.29 is 8.42 Å². The molecule has 0 aliphatic carbocycles. The van der Waals surface area contributed by atoms with Gasteiger partial charge in [0, 0.05) is 18.2 Å². The molecule has 1 aliphatic heterocycles. The van der Waals surface area contributed by atoms with Crippen LogP contribution in [0.15, 0.2) is 47.4 Å². The van der Waals surface area contributed by atoms with E-state index in [1.165, 1.54) is 11.6 Å². The molecule has 3 aromatic rings. The van der Waals surface area contributed by atoms with Crippen molar-refractivity contribution in [1.82, 2.24) is 25.5 Å². The normalized spacial score (nSPS) is 16.9. The summed E-state index contributed by atoms with van der Waals surface area (Å²) in [6, 6.07) is 13.5. The fourth-order valence-corrected chi connectivity index (χ4v) is 5.17. The molecular weight excluding hydrogens is 438 g/mol. The number of likely N-dealkylation sites (tertiary alicyclic amines) is 1. The lowest BCUT2D eigenvalue weighted by Gasteiger charge is -2.34. The van der Waals surface area contributed by atoms with E-state index in [4.69, 9.17) is 10.9 Å². The average Bonchev–Trinajstić information content (AvgIpc) is 3.33. The standard InChI is InChI=1S/C23H31N7O2S/c1-15(2)20(24)14-30-12-10-17(11-13-30)16-6-8-18(9-7-16)19-4-3-5-21(33(25,31)32)22(19)23-26-28-29-27-23/h3-9,15,17,20H,10-14,24H2,1-2H3,(H2,25,31,32)(H,26,27,28,29)/t20-/m1/s1. The molecule has 1 aromatic heterocycles. The lowest BCUT2D eigenvalue weighted by molar-refractivity contribution is 0.189. The highest BCUT2D eigenvalue weighted by Gasteiger charge is 2.24. The number of nitrogens with two attached hydrogens (primary N) is 2. The van der Waals surface area contributed by atoms with Crippen LogP contribution in [-0.2, 0) is 10.0 Å². The molecule has 0 amide bonds. The molecule has 10 heteroatoms. The van der Waals surface area contributed by atoms with Crippen molar-refractivity contribution in [3.63, 3.8) is 0 Å². The van der Waals surface area contributed by atoms with Crippen molar-refractivity contribution >= 4 is 10.0 Å². The smallest absolute Gasteiger partial charge is 0.238 e. The van der Waals surface area contributed by atoms with Gasteiger partial charge in [0.2, 0.25) is 10.0 Å². The van der Waals surface area contributed by atoms with Crippen LogP contribution in [0.4, 0.5) is 0 Å². The maximum absolute atomic E-state index is 12.2. The maximum atomic E-state index is 12.2. The van der Waals surface area contributed by atoms with E-state index in [2.05, 4.69) is 51.5 Å². The molecule has 4 rings (SSSR count). The summed E-state index contributed by atoms with van der Waals surface area (Å²) in [5, 5.41) is 19.2. The molecule has 0 bridgehead atoms. The number of piperidine rings is 1. The molecule has 176 valence electrons. The van der Waals surface area contributed by atoms with E-state index < -0.39 is 10.0 Å². The van der Waals surface area contributed by atoms with Crippen molar-refractivity contribution in [1.29, 1.82) is 0 Å². The van der Waals surface area contributed by atoms with Crippen molar-refractivity contribution in [3.8, 4) is 22.5 Å². The lowest BCUT2D eigenvalue weighted by atomic mass is 9.87. The van der Waals surface area contributed by atoms with Gasteiger partial charge in [0.05, 0.1) is 4.90 Å². The van der Waals surface area contributed by atoms with Gasteiger partial charge in [-0.25, -0.2) is 18.7 Å². The summed E-state index contributed by atoms with van der Waals surface area (Å²) in [5.41, 5.74) is 9.47. The van der Waals surface area contributed by atoms with Crippen LogP contribution in [0.5, 0.6) is 0 Å². The molecule has 1 fully saturated rings. The lowest BCUT2D eigenvalue weighted by Crippen LogP contribution is -2.43. The Morgan fingerprint density at radius 2 is 1.82 bits per heavy atom. The summed E-state index contributed by atoms with van der Waals surface area (Å²) < 4.78 is 24.4. The number of aromatic amines is 1. The van der Waals surface area contributed by atoms with E-state index >= 15 is 0 Å². The Hall–Kier alpha value is -2.66. The Labute approximate surface area is 194 Å². The predicted octanol–water partition coefficient (Wildman–Crippen LogP) is 2.34. The minimum Gasteiger partial charge on any atom is -0.326 e. The van der Waals surface area contributed by atoms with Crippen molar-refractivity contribution in [3.05, 3.63) is 48.0 Å². The summed E-state index contributed by atoms with van der Waals surface area (Å²) in [5.74, 6) is 1.24. The summed E-state index contributed by atoms with van der Waals surface area (Å²) in [7, 11) is -3.96. The molecule has 2 heterocycles. The van der Waals surface area contributed by atoms with Gasteiger partial charge in [-0.2, -0.15) is 0 Å². The van der Waals surface area contributed by atoms with E-state index in [-0.39, 0.29) is 16.8 Å². The zero-order valence-electron chi connectivity index (χ0n) is 19.0. The van der Waals surface area contributed by atoms with Gasteiger partial charge in [0.1, 0.15) is 0 Å². The summed E-state index contributed by atoms with van der Waals surface area (Å²) in [4.78, 5) is 2.45. The molecule has 9 nitrogen and oxygen atoms in total. The van der Waals surface area contributed by atoms with Crippen LogP contribution in [-0.4, -0.2) is 59.6 Å². The second-order valence-electron chi connectivity index (χ2n) is 9.08. The van der Waals surface area contributed by atoms with Gasteiger partial charge >= 0.3 is 0 Å². The zero-order chi connectivity index (χ0) is 23.6. The zero-order valence-corrected chi connectivity index (χ0v) is 19.8. The van der Waals surface area contributed by atoms with Crippen LogP contribution < -0.4 is 10.9 Å². The van der Waals surface area contributed by atoms with E-state index in [1.54, 1.807) is 6.07 Å². The summed E-state index contributed by atoms with van der Waals surface area (Å²) in [6.45, 7) is 7.38. The number of benzene rings is 2. The molecule has 0 unspecified atom stereocenters. The highest BCUT2D eigenvalue weighted by molar-refractivity contribution is 7.89. The second kappa shape index (κ2) is 9.68. The van der Waals surface area contributed by atoms with Gasteiger partial charge in [-0.05, 0) is 71.0 Å². The molecule has 2 aromatic carbocycles. The molecule has 0 spiro atoms. The quantitative estimate of drug-likeness (QED) is 0.482. The maximum Gasteiger partial charge on any atom is 0.238 e. The predicted molar refractivity (Wildman–Crippen MR) is 128 cm³/mol. The molecular formula is C23H31N7O2S. The Bertz CT molecular complexity index is 1170. The Balaban J connectivity index is 1.55. The molecule has 5 N–H and O–H groups in total. The number of aromatic nitrogens is 4. The summed E-state index contributed by atoms with van der Waals surface area (Å²) in [6.07, 6.45) is 2.19. The SMILES string of the molecule is CC(C)[C@H](N)CN1CCC(c2ccc(-c3cccc(S(N)(=O)=O)c3-c3nnn[nH]3)cc2)CC1. The number of hydrogen-bond acceptors (Lipinski definition) is 7. The van der Waals surface area contributed by atoms with Crippen molar-refractivity contribution in [2.45, 2.75) is 43.5 Å². The number of primary sulfonamides is 1. The van der Waals surface area contributed by atoms with Crippen LogP contribution in [0.2, 0.25) is 0 Å². The van der Waals surface area contributed by atoms with E-state index in [1.807, 2.05) is 18.2 Å². The van der Waals surface area contributed by atoms with Crippen LogP contribution in [0.25, 0.3) is 22.5 Å². The molecule has 0 radical (unpaired) electrons. The largest absolute Gasteiger partial charge is 0.326 e. The van der Waals surface area contributed by atoms with Gasteiger partial charge in [-0.3, -0.25) is 0 Å². The van der Waals surface area contributed by atoms with E-state index in [0.717, 1.165) is 38.0 Å². The molecule has 33 heavy (non-hydrogen) atoms. The number of nitrogens with zero attached hydrogens (tertiary/aromatic N) is 4. The minimum atomic E-state index is -3.96. The second-order valence-corrected chi connectivity index (χ2v) is 10.6. The monoisotopic (exact) mass is 469 g/mol. The van der Waals surface area contributed by atoms with Gasteiger partial charge < -0.3 is 10.6 Å². The number of tetrazole rings is 1. The van der Waals surface area contributed by atoms with E-state index in [9.17, 15) is 8.42 Å². The van der Waals surface area contributed by atoms with Crippen molar-refractivity contribution in [2.75, 3.05) is 19.6 Å². The van der Waals surface area contributed by atoms with Gasteiger partial charge in [-0.15, -0.1) is 5.10 Å². The van der Waals surface area contributed by atoms with Crippen LogP contribution >= 0.6 is 0 Å². The number of H-pyrrole nitrogens is 1. The number of nitrogens with one attached hydrogen (secondary N) is 1. The molecule has 1 atom stereocenters. The average molecular weight is 470 g/mol. The van der Waals surface area contributed by atoms with Crippen molar-refractivity contribution in [2.24, 2.45) is 16.8 Å².